The van der Waals surface area contributed by atoms with Crippen molar-refractivity contribution in [1.82, 2.24) is 0 Å². The lowest BCUT2D eigenvalue weighted by Crippen LogP contribution is -2.46. The predicted octanol–water partition coefficient (Wildman–Crippen LogP) is 3.68. The monoisotopic (exact) mass is 310 g/mol. The zero-order valence-electron chi connectivity index (χ0n) is 14.3. The molecular weight excluding hydrogens is 280 g/mol. The maximum atomic E-state index is 11.5. The van der Waals surface area contributed by atoms with Gasteiger partial charge < -0.3 is 14.3 Å². The Morgan fingerprint density at radius 1 is 1.43 bits per heavy atom. The molecule has 3 nitrogen and oxygen atoms in total. The molecule has 4 atom stereocenters. The highest BCUT2D eigenvalue weighted by molar-refractivity contribution is 6.74. The van der Waals surface area contributed by atoms with Crippen LogP contribution in [0, 0.1) is 11.8 Å². The highest BCUT2D eigenvalue weighted by Crippen LogP contribution is 2.50. The molecule has 0 heterocycles. The Labute approximate surface area is 129 Å². The van der Waals surface area contributed by atoms with Crippen LogP contribution in [0.25, 0.3) is 0 Å². The van der Waals surface area contributed by atoms with Gasteiger partial charge in [-0.15, -0.1) is 0 Å². The minimum absolute atomic E-state index is 0.00579. The SMILES string of the molecule is CC(C)(C)[Si](C)(C)O[C@@H]1C[C@](C)(O)C2=CCC[C@H](C=O)[C@@H]21. The molecule has 0 aromatic rings. The van der Waals surface area contributed by atoms with Crippen molar-refractivity contribution in [1.29, 1.82) is 0 Å². The molecule has 21 heavy (non-hydrogen) atoms. The lowest BCUT2D eigenvalue weighted by atomic mass is 9.78. The molecule has 1 N–H and O–H groups in total. The lowest BCUT2D eigenvalue weighted by Gasteiger charge is -2.41. The van der Waals surface area contributed by atoms with E-state index in [4.69, 9.17) is 4.43 Å². The Morgan fingerprint density at radius 3 is 2.57 bits per heavy atom. The van der Waals surface area contributed by atoms with Crippen LogP contribution in [0.3, 0.4) is 0 Å². The topological polar surface area (TPSA) is 46.5 Å². The maximum absolute atomic E-state index is 11.5. The van der Waals surface area contributed by atoms with Crippen LogP contribution < -0.4 is 0 Å². The minimum Gasteiger partial charge on any atom is -0.413 e. The average Bonchev–Trinajstić information content (AvgIpc) is 2.59. The van der Waals surface area contributed by atoms with Crippen molar-refractivity contribution >= 4 is 14.6 Å². The quantitative estimate of drug-likeness (QED) is 0.491. The third-order valence-electron chi connectivity index (χ3n) is 5.73. The molecule has 0 aromatic carbocycles. The second-order valence-electron chi connectivity index (χ2n) is 8.46. The van der Waals surface area contributed by atoms with Gasteiger partial charge >= 0.3 is 0 Å². The number of hydrogen-bond donors (Lipinski definition) is 1. The van der Waals surface area contributed by atoms with Crippen LogP contribution in [-0.4, -0.2) is 31.4 Å². The number of hydrogen-bond acceptors (Lipinski definition) is 3. The van der Waals surface area contributed by atoms with Gasteiger partial charge in [0.25, 0.3) is 0 Å². The highest BCUT2D eigenvalue weighted by atomic mass is 28.4. The molecule has 2 aliphatic carbocycles. The molecule has 4 heteroatoms. The van der Waals surface area contributed by atoms with Crippen molar-refractivity contribution in [2.75, 3.05) is 0 Å². The van der Waals surface area contributed by atoms with Gasteiger partial charge in [0.15, 0.2) is 8.32 Å². The molecule has 0 radical (unpaired) electrons. The van der Waals surface area contributed by atoms with Gasteiger partial charge in [-0.2, -0.15) is 0 Å². The summed E-state index contributed by atoms with van der Waals surface area (Å²) in [5.41, 5.74) is 0.217. The minimum atomic E-state index is -1.91. The van der Waals surface area contributed by atoms with Crippen LogP contribution in [0.5, 0.6) is 0 Å². The number of rotatable bonds is 3. The maximum Gasteiger partial charge on any atom is 0.192 e. The van der Waals surface area contributed by atoms with Gasteiger partial charge in [0.2, 0.25) is 0 Å². The standard InChI is InChI=1S/C17H30O3Si/c1-16(2,3)21(5,6)20-14-10-17(4,19)13-9-7-8-12(11-18)15(13)14/h9,11-12,14-15,19H,7-8,10H2,1-6H3/t12-,14-,15+,17+/m1/s1. The van der Waals surface area contributed by atoms with Gasteiger partial charge in [0.1, 0.15) is 6.29 Å². The predicted molar refractivity (Wildman–Crippen MR) is 87.7 cm³/mol. The summed E-state index contributed by atoms with van der Waals surface area (Å²) >= 11 is 0. The van der Waals surface area contributed by atoms with Crippen molar-refractivity contribution in [2.24, 2.45) is 11.8 Å². The first-order valence-electron chi connectivity index (χ1n) is 8.05. The van der Waals surface area contributed by atoms with E-state index in [1.807, 2.05) is 6.92 Å². The number of carbonyl (C=O) groups excluding carboxylic acids is 1. The largest absolute Gasteiger partial charge is 0.413 e. The molecule has 0 saturated heterocycles. The summed E-state index contributed by atoms with van der Waals surface area (Å²) in [7, 11) is -1.91. The van der Waals surface area contributed by atoms with Gasteiger partial charge in [-0.1, -0.05) is 26.8 Å². The lowest BCUT2D eigenvalue weighted by molar-refractivity contribution is -0.113. The number of fused-ring (bicyclic) bond motifs is 1. The smallest absolute Gasteiger partial charge is 0.192 e. The molecule has 2 rings (SSSR count). The summed E-state index contributed by atoms with van der Waals surface area (Å²) in [5.74, 6) is 0.0640. The second kappa shape index (κ2) is 5.32. The molecular formula is C17H30O3Si. The van der Waals surface area contributed by atoms with E-state index in [2.05, 4.69) is 39.9 Å². The van der Waals surface area contributed by atoms with Gasteiger partial charge in [0.05, 0.1) is 11.7 Å². The van der Waals surface area contributed by atoms with E-state index >= 15 is 0 Å². The van der Waals surface area contributed by atoms with Crippen molar-refractivity contribution < 1.29 is 14.3 Å². The third-order valence-corrected chi connectivity index (χ3v) is 10.2. The molecule has 0 amide bonds. The fraction of sp³-hybridized carbons (Fsp3) is 0.824. The first-order valence-corrected chi connectivity index (χ1v) is 11.0. The fourth-order valence-corrected chi connectivity index (χ4v) is 4.83. The van der Waals surface area contributed by atoms with E-state index < -0.39 is 13.9 Å². The molecule has 0 spiro atoms. The number of carbonyl (C=O) groups is 1. The zero-order valence-corrected chi connectivity index (χ0v) is 15.3. The Bertz CT molecular complexity index is 445. The molecule has 1 saturated carbocycles. The van der Waals surface area contributed by atoms with E-state index in [-0.39, 0.29) is 23.0 Å². The Balaban J connectivity index is 2.30. The summed E-state index contributed by atoms with van der Waals surface area (Å²) in [6.07, 6.45) is 5.56. The Morgan fingerprint density at radius 2 is 2.05 bits per heavy atom. The summed E-state index contributed by atoms with van der Waals surface area (Å²) in [6, 6.07) is 0. The number of aldehydes is 1. The van der Waals surface area contributed by atoms with Crippen molar-refractivity contribution in [3.8, 4) is 0 Å². The van der Waals surface area contributed by atoms with E-state index in [9.17, 15) is 9.90 Å². The van der Waals surface area contributed by atoms with Crippen molar-refractivity contribution in [3.63, 3.8) is 0 Å². The molecule has 120 valence electrons. The summed E-state index contributed by atoms with van der Waals surface area (Å²) in [4.78, 5) is 11.5. The molecule has 1 fully saturated rings. The summed E-state index contributed by atoms with van der Waals surface area (Å²) < 4.78 is 6.58. The van der Waals surface area contributed by atoms with Crippen LogP contribution >= 0.6 is 0 Å². The van der Waals surface area contributed by atoms with Gasteiger partial charge in [-0.3, -0.25) is 0 Å². The van der Waals surface area contributed by atoms with E-state index in [1.165, 1.54) is 0 Å². The van der Waals surface area contributed by atoms with Gasteiger partial charge in [-0.25, -0.2) is 0 Å². The first kappa shape index (κ1) is 16.9. The van der Waals surface area contributed by atoms with Gasteiger partial charge in [0, 0.05) is 18.3 Å². The molecule has 0 unspecified atom stereocenters. The van der Waals surface area contributed by atoms with Crippen LogP contribution in [0.15, 0.2) is 11.6 Å². The first-order chi connectivity index (χ1) is 9.49. The molecule has 0 aromatic heterocycles. The third kappa shape index (κ3) is 3.03. The van der Waals surface area contributed by atoms with E-state index in [0.29, 0.717) is 6.42 Å². The van der Waals surface area contributed by atoms with Crippen LogP contribution in [0.2, 0.25) is 18.1 Å². The zero-order chi connectivity index (χ0) is 16.1. The van der Waals surface area contributed by atoms with E-state index in [0.717, 1.165) is 24.7 Å². The van der Waals surface area contributed by atoms with Crippen LogP contribution in [-0.2, 0) is 9.22 Å². The molecule has 0 bridgehead atoms. The van der Waals surface area contributed by atoms with Crippen molar-refractivity contribution in [2.45, 2.75) is 76.8 Å². The Kier molecular flexibility index (Phi) is 4.28. The molecule has 0 aliphatic heterocycles. The summed E-state index contributed by atoms with van der Waals surface area (Å²) in [6.45, 7) is 13.0. The average molecular weight is 311 g/mol. The van der Waals surface area contributed by atoms with Crippen LogP contribution in [0.1, 0.15) is 47.0 Å². The second-order valence-corrected chi connectivity index (χ2v) is 13.2. The van der Waals surface area contributed by atoms with Crippen molar-refractivity contribution in [3.05, 3.63) is 11.6 Å². The van der Waals surface area contributed by atoms with E-state index in [1.54, 1.807) is 0 Å². The Hall–Kier alpha value is -0.453. The highest BCUT2D eigenvalue weighted by Gasteiger charge is 2.52. The normalized spacial score (nSPS) is 37.1. The molecule has 2 aliphatic rings. The number of allylic oxidation sites excluding steroid dienone is 1. The van der Waals surface area contributed by atoms with Crippen LogP contribution in [0.4, 0.5) is 0 Å². The summed E-state index contributed by atoms with van der Waals surface area (Å²) in [5, 5.41) is 10.9. The number of aliphatic hydroxyl groups is 1. The fourth-order valence-electron chi connectivity index (χ4n) is 3.49. The van der Waals surface area contributed by atoms with Gasteiger partial charge in [-0.05, 0) is 43.5 Å².